The molecule has 0 saturated carbocycles. The molecule has 0 unspecified atom stereocenters. The molecule has 3 heterocycles. The zero-order valence-corrected chi connectivity index (χ0v) is 15.5. The quantitative estimate of drug-likeness (QED) is 0.567. The first-order valence-corrected chi connectivity index (χ1v) is 8.49. The predicted molar refractivity (Wildman–Crippen MR) is 101 cm³/mol. The van der Waals surface area contributed by atoms with Crippen LogP contribution >= 0.6 is 0 Å². The molecule has 8 heteroatoms. The van der Waals surface area contributed by atoms with Crippen molar-refractivity contribution in [3.8, 4) is 0 Å². The van der Waals surface area contributed by atoms with Gasteiger partial charge in [-0.15, -0.1) is 0 Å². The molecule has 0 atom stereocenters. The van der Waals surface area contributed by atoms with Crippen molar-refractivity contribution in [2.45, 2.75) is 27.7 Å². The van der Waals surface area contributed by atoms with E-state index in [0.717, 1.165) is 0 Å². The molecule has 0 radical (unpaired) electrons. The van der Waals surface area contributed by atoms with Crippen LogP contribution in [0.2, 0.25) is 0 Å². The third-order valence-electron chi connectivity index (χ3n) is 4.22. The number of fused-ring (bicyclic) bond motifs is 1. The van der Waals surface area contributed by atoms with Crippen LogP contribution in [0.1, 0.15) is 46.7 Å². The van der Waals surface area contributed by atoms with E-state index in [9.17, 15) is 14.4 Å². The third kappa shape index (κ3) is 3.46. The van der Waals surface area contributed by atoms with Crippen molar-refractivity contribution < 1.29 is 19.1 Å². The van der Waals surface area contributed by atoms with Crippen molar-refractivity contribution >= 4 is 40.9 Å². The number of carbonyl (C=O) groups excluding carboxylic acids is 3. The Morgan fingerprint density at radius 2 is 2.07 bits per heavy atom. The highest BCUT2D eigenvalue weighted by Gasteiger charge is 2.27. The maximum atomic E-state index is 12.4. The zero-order valence-electron chi connectivity index (χ0n) is 15.5. The van der Waals surface area contributed by atoms with Crippen LogP contribution in [-0.2, 0) is 14.3 Å². The van der Waals surface area contributed by atoms with E-state index in [-0.39, 0.29) is 18.4 Å². The molecule has 2 amide bonds. The maximum absolute atomic E-state index is 12.4. The number of aromatic amines is 1. The van der Waals surface area contributed by atoms with Gasteiger partial charge in [0.15, 0.2) is 0 Å². The Balaban J connectivity index is 2.04. The normalized spacial score (nSPS) is 14.1. The Bertz CT molecular complexity index is 988. The summed E-state index contributed by atoms with van der Waals surface area (Å²) in [7, 11) is 0. The molecule has 2 aromatic rings. The first-order chi connectivity index (χ1) is 12.8. The van der Waals surface area contributed by atoms with Gasteiger partial charge in [0, 0.05) is 23.9 Å². The highest BCUT2D eigenvalue weighted by molar-refractivity contribution is 6.34. The van der Waals surface area contributed by atoms with Gasteiger partial charge in [-0.3, -0.25) is 9.59 Å². The minimum absolute atomic E-state index is 0.227. The number of nitrogens with zero attached hydrogens (tertiary/aromatic N) is 1. The summed E-state index contributed by atoms with van der Waals surface area (Å²) in [6.07, 6.45) is 3.15. The lowest BCUT2D eigenvalue weighted by molar-refractivity contribution is -0.114. The molecule has 140 valence electrons. The van der Waals surface area contributed by atoms with Crippen molar-refractivity contribution in [2.24, 2.45) is 0 Å². The molecule has 0 spiro atoms. The Kier molecular flexibility index (Phi) is 4.81. The Hall–Kier alpha value is -3.42. The Morgan fingerprint density at radius 3 is 2.74 bits per heavy atom. The average molecular weight is 368 g/mol. The lowest BCUT2D eigenvalue weighted by Crippen LogP contribution is -2.06. The number of pyridine rings is 1. The first-order valence-electron chi connectivity index (χ1n) is 8.49. The summed E-state index contributed by atoms with van der Waals surface area (Å²) in [4.78, 5) is 43.1. The van der Waals surface area contributed by atoms with Crippen LogP contribution in [0.25, 0.3) is 11.6 Å². The number of anilines is 2. The van der Waals surface area contributed by atoms with Crippen LogP contribution in [0.4, 0.5) is 11.5 Å². The molecule has 27 heavy (non-hydrogen) atoms. The zero-order chi connectivity index (χ0) is 19.7. The molecule has 3 N–H and O–H groups in total. The summed E-state index contributed by atoms with van der Waals surface area (Å²) in [5, 5.41) is 5.35. The van der Waals surface area contributed by atoms with Gasteiger partial charge >= 0.3 is 5.97 Å². The summed E-state index contributed by atoms with van der Waals surface area (Å²) in [6.45, 7) is 7.00. The molecule has 0 aliphatic carbocycles. The van der Waals surface area contributed by atoms with Crippen LogP contribution in [0.3, 0.4) is 0 Å². The Morgan fingerprint density at radius 1 is 1.33 bits per heavy atom. The second-order valence-electron chi connectivity index (χ2n) is 6.20. The molecule has 0 saturated heterocycles. The number of ether oxygens (including phenoxy) is 1. The fourth-order valence-corrected chi connectivity index (χ4v) is 3.05. The highest BCUT2D eigenvalue weighted by atomic mass is 16.5. The second-order valence-corrected chi connectivity index (χ2v) is 6.20. The number of nitrogens with one attached hydrogen (secondary N) is 3. The van der Waals surface area contributed by atoms with Crippen LogP contribution in [-0.4, -0.2) is 34.4 Å². The molecule has 1 aliphatic heterocycles. The van der Waals surface area contributed by atoms with E-state index in [2.05, 4.69) is 20.6 Å². The van der Waals surface area contributed by atoms with E-state index in [0.29, 0.717) is 45.2 Å². The smallest absolute Gasteiger partial charge is 0.340 e. The van der Waals surface area contributed by atoms with E-state index in [1.54, 1.807) is 32.9 Å². The number of carbonyl (C=O) groups is 3. The molecular formula is C19H20N4O4. The molecule has 1 aliphatic rings. The number of H-pyrrole nitrogens is 1. The van der Waals surface area contributed by atoms with Crippen molar-refractivity contribution in [1.82, 2.24) is 9.97 Å². The molecule has 8 nitrogen and oxygen atoms in total. The summed E-state index contributed by atoms with van der Waals surface area (Å²) in [5.41, 5.74) is 3.94. The highest BCUT2D eigenvalue weighted by Crippen LogP contribution is 2.34. The van der Waals surface area contributed by atoms with Gasteiger partial charge in [-0.1, -0.05) is 0 Å². The van der Waals surface area contributed by atoms with Gasteiger partial charge in [-0.2, -0.15) is 0 Å². The van der Waals surface area contributed by atoms with Crippen LogP contribution in [0.5, 0.6) is 0 Å². The van der Waals surface area contributed by atoms with Gasteiger partial charge < -0.3 is 20.4 Å². The fraction of sp³-hybridized carbons (Fsp3) is 0.263. The molecule has 3 rings (SSSR count). The van der Waals surface area contributed by atoms with Gasteiger partial charge in [-0.05, 0) is 38.5 Å². The van der Waals surface area contributed by atoms with E-state index < -0.39 is 5.97 Å². The standard InChI is InChI=1S/C19H20N4O4/c1-5-27-19(26)16-9(2)15(21-10(16)3)7-14-13-6-12(22-11(4)24)8-20-17(13)23-18(14)25/h6-8,21H,5H2,1-4H3,(H,22,24)(H,20,23,25). The fourth-order valence-electron chi connectivity index (χ4n) is 3.05. The lowest BCUT2D eigenvalue weighted by atomic mass is 10.0. The van der Waals surface area contributed by atoms with Crippen molar-refractivity contribution in [1.29, 1.82) is 0 Å². The molecule has 2 aromatic heterocycles. The summed E-state index contributed by atoms with van der Waals surface area (Å²) in [6, 6.07) is 1.69. The van der Waals surface area contributed by atoms with Crippen molar-refractivity contribution in [2.75, 3.05) is 17.2 Å². The van der Waals surface area contributed by atoms with Gasteiger partial charge in [-0.25, -0.2) is 9.78 Å². The van der Waals surface area contributed by atoms with Crippen LogP contribution in [0.15, 0.2) is 12.3 Å². The molecule has 0 fully saturated rings. The van der Waals surface area contributed by atoms with E-state index in [4.69, 9.17) is 4.74 Å². The van der Waals surface area contributed by atoms with Gasteiger partial charge in [0.2, 0.25) is 5.91 Å². The number of hydrogen-bond donors (Lipinski definition) is 3. The SMILES string of the molecule is CCOC(=O)c1c(C)[nH]c(C=C2C(=O)Nc3ncc(NC(C)=O)cc32)c1C. The minimum atomic E-state index is -0.403. The summed E-state index contributed by atoms with van der Waals surface area (Å²) >= 11 is 0. The molecule has 0 bridgehead atoms. The average Bonchev–Trinajstić information content (AvgIpc) is 3.04. The van der Waals surface area contributed by atoms with E-state index >= 15 is 0 Å². The van der Waals surface area contributed by atoms with E-state index in [1.807, 2.05) is 0 Å². The molecule has 0 aromatic carbocycles. The summed E-state index contributed by atoms with van der Waals surface area (Å²) < 4.78 is 5.09. The number of aryl methyl sites for hydroxylation is 1. The Labute approximate surface area is 156 Å². The van der Waals surface area contributed by atoms with Gasteiger partial charge in [0.05, 0.1) is 29.6 Å². The lowest BCUT2D eigenvalue weighted by Gasteiger charge is -2.04. The third-order valence-corrected chi connectivity index (χ3v) is 4.22. The second kappa shape index (κ2) is 7.06. The first kappa shape index (κ1) is 18.4. The number of rotatable bonds is 4. The van der Waals surface area contributed by atoms with E-state index in [1.165, 1.54) is 13.1 Å². The topological polar surface area (TPSA) is 113 Å². The monoisotopic (exact) mass is 368 g/mol. The van der Waals surface area contributed by atoms with Crippen molar-refractivity contribution in [3.63, 3.8) is 0 Å². The predicted octanol–water partition coefficient (Wildman–Crippen LogP) is 2.65. The number of esters is 1. The number of aromatic nitrogens is 2. The minimum Gasteiger partial charge on any atom is -0.462 e. The molecular weight excluding hydrogens is 348 g/mol. The van der Waals surface area contributed by atoms with Crippen LogP contribution in [0, 0.1) is 13.8 Å². The van der Waals surface area contributed by atoms with Crippen LogP contribution < -0.4 is 10.6 Å². The number of hydrogen-bond acceptors (Lipinski definition) is 5. The van der Waals surface area contributed by atoms with Gasteiger partial charge in [0.1, 0.15) is 5.82 Å². The maximum Gasteiger partial charge on any atom is 0.340 e. The largest absolute Gasteiger partial charge is 0.462 e. The number of amides is 2. The van der Waals surface area contributed by atoms with Crippen molar-refractivity contribution in [3.05, 3.63) is 40.3 Å². The van der Waals surface area contributed by atoms with Gasteiger partial charge in [0.25, 0.3) is 5.91 Å². The summed E-state index contributed by atoms with van der Waals surface area (Å²) in [5.74, 6) is -0.512.